The van der Waals surface area contributed by atoms with Gasteiger partial charge in [0.15, 0.2) is 5.78 Å². The Labute approximate surface area is 103 Å². The highest BCUT2D eigenvalue weighted by atomic mass is 16.5. The standard InChI is InChI=1S/C15H20O2/c1-2-4-12-6-8-13(9-7-12)15(16)11-14-5-3-10-17-14/h6-9,14H,2-5,10-11H2,1H3. The molecule has 1 aromatic rings. The largest absolute Gasteiger partial charge is 0.378 e. The van der Waals surface area contributed by atoms with Gasteiger partial charge in [-0.2, -0.15) is 0 Å². The molecular formula is C15H20O2. The van der Waals surface area contributed by atoms with Crippen molar-refractivity contribution in [3.05, 3.63) is 35.4 Å². The lowest BCUT2D eigenvalue weighted by molar-refractivity contribution is 0.0775. The van der Waals surface area contributed by atoms with E-state index < -0.39 is 0 Å². The van der Waals surface area contributed by atoms with Gasteiger partial charge < -0.3 is 4.74 Å². The molecule has 2 rings (SSSR count). The van der Waals surface area contributed by atoms with Gasteiger partial charge in [0, 0.05) is 18.6 Å². The van der Waals surface area contributed by atoms with E-state index in [0.29, 0.717) is 6.42 Å². The van der Waals surface area contributed by atoms with Crippen molar-refractivity contribution in [1.29, 1.82) is 0 Å². The van der Waals surface area contributed by atoms with E-state index in [1.54, 1.807) is 0 Å². The summed E-state index contributed by atoms with van der Waals surface area (Å²) in [7, 11) is 0. The zero-order chi connectivity index (χ0) is 12.1. The summed E-state index contributed by atoms with van der Waals surface area (Å²) in [5.74, 6) is 0.208. The summed E-state index contributed by atoms with van der Waals surface area (Å²) in [4.78, 5) is 12.0. The highest BCUT2D eigenvalue weighted by Gasteiger charge is 2.19. The van der Waals surface area contributed by atoms with Crippen LogP contribution in [-0.4, -0.2) is 18.5 Å². The van der Waals surface area contributed by atoms with Gasteiger partial charge in [0.05, 0.1) is 6.10 Å². The first-order valence-corrected chi connectivity index (χ1v) is 6.53. The van der Waals surface area contributed by atoms with Crippen molar-refractivity contribution in [1.82, 2.24) is 0 Å². The zero-order valence-corrected chi connectivity index (χ0v) is 10.4. The van der Waals surface area contributed by atoms with E-state index in [9.17, 15) is 4.79 Å². The Bertz CT molecular complexity index is 361. The third kappa shape index (κ3) is 3.40. The van der Waals surface area contributed by atoms with E-state index in [4.69, 9.17) is 4.74 Å². The Balaban J connectivity index is 1.93. The summed E-state index contributed by atoms with van der Waals surface area (Å²) < 4.78 is 5.49. The monoisotopic (exact) mass is 232 g/mol. The predicted molar refractivity (Wildman–Crippen MR) is 68.4 cm³/mol. The van der Waals surface area contributed by atoms with Crippen LogP contribution in [0.3, 0.4) is 0 Å². The van der Waals surface area contributed by atoms with E-state index >= 15 is 0 Å². The fraction of sp³-hybridized carbons (Fsp3) is 0.533. The maximum Gasteiger partial charge on any atom is 0.165 e. The molecule has 1 aromatic carbocycles. The van der Waals surface area contributed by atoms with Crippen LogP contribution in [0.25, 0.3) is 0 Å². The molecule has 2 nitrogen and oxygen atoms in total. The first kappa shape index (κ1) is 12.3. The number of Topliss-reactive ketones (excluding diaryl/α,β-unsaturated/α-hetero) is 1. The third-order valence-corrected chi connectivity index (χ3v) is 3.25. The third-order valence-electron chi connectivity index (χ3n) is 3.25. The van der Waals surface area contributed by atoms with Crippen molar-refractivity contribution in [2.75, 3.05) is 6.61 Å². The first-order chi connectivity index (χ1) is 8.29. The summed E-state index contributed by atoms with van der Waals surface area (Å²) >= 11 is 0. The highest BCUT2D eigenvalue weighted by molar-refractivity contribution is 5.96. The normalized spacial score (nSPS) is 19.5. The fourth-order valence-corrected chi connectivity index (χ4v) is 2.28. The molecule has 1 atom stereocenters. The van der Waals surface area contributed by atoms with E-state index in [2.05, 4.69) is 19.1 Å². The Morgan fingerprint density at radius 2 is 2.12 bits per heavy atom. The summed E-state index contributed by atoms with van der Waals surface area (Å²) in [5.41, 5.74) is 2.13. The van der Waals surface area contributed by atoms with Crippen LogP contribution in [0.4, 0.5) is 0 Å². The maximum atomic E-state index is 12.0. The second-order valence-corrected chi connectivity index (χ2v) is 4.71. The second-order valence-electron chi connectivity index (χ2n) is 4.71. The van der Waals surface area contributed by atoms with Crippen LogP contribution in [0, 0.1) is 0 Å². The van der Waals surface area contributed by atoms with Gasteiger partial charge in [0.2, 0.25) is 0 Å². The molecule has 1 aliphatic rings. The fourth-order valence-electron chi connectivity index (χ4n) is 2.28. The number of ketones is 1. The molecule has 92 valence electrons. The molecule has 1 unspecified atom stereocenters. The molecule has 1 fully saturated rings. The van der Waals surface area contributed by atoms with Crippen molar-refractivity contribution >= 4 is 5.78 Å². The molecule has 2 heteroatoms. The van der Waals surface area contributed by atoms with Crippen LogP contribution in [0.1, 0.15) is 48.5 Å². The quantitative estimate of drug-likeness (QED) is 0.727. The molecule has 1 aliphatic heterocycles. The molecule has 0 amide bonds. The molecule has 0 N–H and O–H groups in total. The predicted octanol–water partition coefficient (Wildman–Crippen LogP) is 3.39. The number of hydrogen-bond donors (Lipinski definition) is 0. The van der Waals surface area contributed by atoms with Crippen molar-refractivity contribution in [2.24, 2.45) is 0 Å². The average Bonchev–Trinajstić information content (AvgIpc) is 2.83. The topological polar surface area (TPSA) is 26.3 Å². The lowest BCUT2D eigenvalue weighted by Gasteiger charge is -2.08. The van der Waals surface area contributed by atoms with Gasteiger partial charge in [0.1, 0.15) is 0 Å². The molecule has 0 radical (unpaired) electrons. The van der Waals surface area contributed by atoms with Gasteiger partial charge in [-0.25, -0.2) is 0 Å². The lowest BCUT2D eigenvalue weighted by atomic mass is 10.0. The summed E-state index contributed by atoms with van der Waals surface area (Å²) in [6.07, 6.45) is 5.03. The van der Waals surface area contributed by atoms with Crippen LogP contribution < -0.4 is 0 Å². The molecule has 0 aliphatic carbocycles. The molecule has 1 heterocycles. The molecule has 0 bridgehead atoms. The number of hydrogen-bond acceptors (Lipinski definition) is 2. The van der Waals surface area contributed by atoms with Crippen molar-refractivity contribution in [2.45, 2.75) is 45.1 Å². The van der Waals surface area contributed by atoms with E-state index in [-0.39, 0.29) is 11.9 Å². The lowest BCUT2D eigenvalue weighted by Crippen LogP contribution is -2.12. The van der Waals surface area contributed by atoms with Crippen LogP contribution in [0.2, 0.25) is 0 Å². The van der Waals surface area contributed by atoms with Crippen LogP contribution in [-0.2, 0) is 11.2 Å². The number of carbonyl (C=O) groups excluding carboxylic acids is 1. The molecule has 0 aromatic heterocycles. The zero-order valence-electron chi connectivity index (χ0n) is 10.4. The Morgan fingerprint density at radius 3 is 2.71 bits per heavy atom. The van der Waals surface area contributed by atoms with Crippen LogP contribution >= 0.6 is 0 Å². The summed E-state index contributed by atoms with van der Waals surface area (Å²) in [6.45, 7) is 2.98. The van der Waals surface area contributed by atoms with Crippen molar-refractivity contribution in [3.63, 3.8) is 0 Å². The Kier molecular flexibility index (Phi) is 4.32. The number of rotatable bonds is 5. The van der Waals surface area contributed by atoms with E-state index in [1.807, 2.05) is 12.1 Å². The van der Waals surface area contributed by atoms with E-state index in [1.165, 1.54) is 5.56 Å². The maximum absolute atomic E-state index is 12.0. The Hall–Kier alpha value is -1.15. The van der Waals surface area contributed by atoms with Crippen LogP contribution in [0.5, 0.6) is 0 Å². The Morgan fingerprint density at radius 1 is 1.35 bits per heavy atom. The minimum absolute atomic E-state index is 0.151. The molecule has 17 heavy (non-hydrogen) atoms. The number of ether oxygens (including phenoxy) is 1. The summed E-state index contributed by atoms with van der Waals surface area (Å²) in [6, 6.07) is 8.02. The van der Waals surface area contributed by atoms with E-state index in [0.717, 1.165) is 37.9 Å². The van der Waals surface area contributed by atoms with Gasteiger partial charge in [0.25, 0.3) is 0 Å². The first-order valence-electron chi connectivity index (χ1n) is 6.53. The van der Waals surface area contributed by atoms with Gasteiger partial charge in [-0.05, 0) is 24.8 Å². The highest BCUT2D eigenvalue weighted by Crippen LogP contribution is 2.18. The van der Waals surface area contributed by atoms with Gasteiger partial charge in [-0.15, -0.1) is 0 Å². The molecule has 0 spiro atoms. The summed E-state index contributed by atoms with van der Waals surface area (Å²) in [5, 5.41) is 0. The number of benzene rings is 1. The smallest absolute Gasteiger partial charge is 0.165 e. The van der Waals surface area contributed by atoms with Gasteiger partial charge in [-0.1, -0.05) is 37.6 Å². The van der Waals surface area contributed by atoms with Gasteiger partial charge >= 0.3 is 0 Å². The second kappa shape index (κ2) is 5.97. The molecular weight excluding hydrogens is 212 g/mol. The van der Waals surface area contributed by atoms with Gasteiger partial charge in [-0.3, -0.25) is 4.79 Å². The minimum atomic E-state index is 0.151. The number of aryl methyl sites for hydroxylation is 1. The molecule has 0 saturated carbocycles. The minimum Gasteiger partial charge on any atom is -0.378 e. The van der Waals surface area contributed by atoms with Crippen molar-refractivity contribution in [3.8, 4) is 0 Å². The molecule has 1 saturated heterocycles. The average molecular weight is 232 g/mol. The number of carbonyl (C=O) groups is 1. The SMILES string of the molecule is CCCc1ccc(C(=O)CC2CCCO2)cc1. The van der Waals surface area contributed by atoms with Crippen LogP contribution in [0.15, 0.2) is 24.3 Å². The van der Waals surface area contributed by atoms with Crippen molar-refractivity contribution < 1.29 is 9.53 Å².